The Balaban J connectivity index is 0.627. The van der Waals surface area contributed by atoms with E-state index in [1.165, 1.54) is 29.7 Å². The molecule has 0 spiro atoms. The summed E-state index contributed by atoms with van der Waals surface area (Å²) in [5.41, 5.74) is 3.78. The van der Waals surface area contributed by atoms with Crippen LogP contribution in [-0.2, 0) is 16.1 Å². The van der Waals surface area contributed by atoms with Crippen LogP contribution in [0.1, 0.15) is 61.4 Å². The Morgan fingerprint density at radius 2 is 1.46 bits per heavy atom. The highest BCUT2D eigenvalue weighted by atomic mass is 19.1. The Hall–Kier alpha value is -7.20. The lowest BCUT2D eigenvalue weighted by Gasteiger charge is -2.40. The molecule has 4 fully saturated rings. The number of hydrogen-bond acceptors (Lipinski definition) is 14. The molecule has 17 nitrogen and oxygen atoms in total. The Morgan fingerprint density at radius 1 is 0.750 bits per heavy atom. The van der Waals surface area contributed by atoms with E-state index < -0.39 is 23.3 Å². The molecule has 1 atom stereocenters. The van der Waals surface area contributed by atoms with Crippen LogP contribution >= 0.6 is 0 Å². The van der Waals surface area contributed by atoms with Gasteiger partial charge in [-0.3, -0.25) is 29.4 Å². The van der Waals surface area contributed by atoms with E-state index in [0.29, 0.717) is 76.5 Å². The van der Waals surface area contributed by atoms with E-state index in [9.17, 15) is 24.4 Å². The average molecular weight is 975 g/mol. The smallest absolute Gasteiger partial charge is 0.275 e. The van der Waals surface area contributed by atoms with Crippen molar-refractivity contribution < 1.29 is 18.7 Å². The number of benzene rings is 3. The van der Waals surface area contributed by atoms with Gasteiger partial charge in [-0.25, -0.2) is 23.7 Å². The molecule has 0 radical (unpaired) electrons. The van der Waals surface area contributed by atoms with Crippen LogP contribution in [0.25, 0.3) is 33.4 Å². The average Bonchev–Trinajstić information content (AvgIpc) is 3.40. The maximum atomic E-state index is 15.6. The minimum Gasteiger partial charge on any atom is -0.490 e. The lowest BCUT2D eigenvalue weighted by molar-refractivity contribution is -0.136. The summed E-state index contributed by atoms with van der Waals surface area (Å²) in [7, 11) is 0. The molecule has 10 rings (SSSR count). The number of aromatic nitrogens is 6. The van der Waals surface area contributed by atoms with Gasteiger partial charge >= 0.3 is 0 Å². The monoisotopic (exact) mass is 974 g/mol. The number of likely N-dealkylation sites (tertiary alicyclic amines) is 2. The van der Waals surface area contributed by atoms with Gasteiger partial charge in [-0.05, 0) is 119 Å². The number of imide groups is 1. The predicted molar refractivity (Wildman–Crippen MR) is 270 cm³/mol. The number of carbonyl (C=O) groups excluding carboxylic acids is 2. The first-order valence-corrected chi connectivity index (χ1v) is 25.1. The van der Waals surface area contributed by atoms with Gasteiger partial charge in [0.15, 0.2) is 11.6 Å². The van der Waals surface area contributed by atoms with E-state index in [0.717, 1.165) is 93.1 Å². The maximum absolute atomic E-state index is 15.6. The number of halogens is 1. The molecule has 72 heavy (non-hydrogen) atoms. The molecule has 2 amide bonds. The molecule has 4 saturated heterocycles. The third-order valence-electron chi connectivity index (χ3n) is 14.8. The number of carbonyl (C=O) groups is 2. The molecule has 4 aliphatic rings. The predicted octanol–water partition coefficient (Wildman–Crippen LogP) is 5.05. The van der Waals surface area contributed by atoms with Crippen molar-refractivity contribution in [2.24, 2.45) is 11.8 Å². The summed E-state index contributed by atoms with van der Waals surface area (Å²) < 4.78 is 24.4. The fraction of sp³-hybridized carbons (Fsp3) is 0.426. The van der Waals surface area contributed by atoms with E-state index in [1.54, 1.807) is 49.6 Å². The second-order valence-electron chi connectivity index (χ2n) is 19.7. The van der Waals surface area contributed by atoms with Crippen LogP contribution in [0.4, 0.5) is 10.1 Å². The largest absolute Gasteiger partial charge is 0.490 e. The van der Waals surface area contributed by atoms with Gasteiger partial charge in [0, 0.05) is 74.8 Å². The molecule has 7 heterocycles. The molecular formula is C54H59FN12O5. The lowest BCUT2D eigenvalue weighted by atomic mass is 9.95. The van der Waals surface area contributed by atoms with Crippen molar-refractivity contribution >= 4 is 28.3 Å². The molecule has 0 aliphatic carbocycles. The van der Waals surface area contributed by atoms with Crippen molar-refractivity contribution in [3.63, 3.8) is 0 Å². The molecule has 4 aliphatic heterocycles. The van der Waals surface area contributed by atoms with Gasteiger partial charge in [0.25, 0.3) is 17.0 Å². The molecule has 18 heteroatoms. The number of nitriles is 1. The summed E-state index contributed by atoms with van der Waals surface area (Å²) >= 11 is 0. The zero-order valence-electron chi connectivity index (χ0n) is 40.6. The van der Waals surface area contributed by atoms with Crippen molar-refractivity contribution in [3.05, 3.63) is 129 Å². The van der Waals surface area contributed by atoms with Crippen molar-refractivity contribution in [2.75, 3.05) is 83.5 Å². The first-order chi connectivity index (χ1) is 35.0. The minimum atomic E-state index is -0.881. The molecule has 1 unspecified atom stereocenters. The number of fused-ring (bicyclic) bond motifs is 1. The Bertz CT molecular complexity index is 3110. The first kappa shape index (κ1) is 48.4. The minimum absolute atomic E-state index is 0.129. The second kappa shape index (κ2) is 21.7. The van der Waals surface area contributed by atoms with E-state index in [-0.39, 0.29) is 30.9 Å². The van der Waals surface area contributed by atoms with Gasteiger partial charge in [0.05, 0.1) is 59.6 Å². The maximum Gasteiger partial charge on any atom is 0.275 e. The number of amides is 2. The van der Waals surface area contributed by atoms with Crippen molar-refractivity contribution in [1.29, 1.82) is 5.26 Å². The molecule has 3 aromatic heterocycles. The van der Waals surface area contributed by atoms with Gasteiger partial charge in [-0.2, -0.15) is 15.5 Å². The van der Waals surface area contributed by atoms with Crippen LogP contribution < -0.4 is 26.1 Å². The van der Waals surface area contributed by atoms with Crippen LogP contribution in [0, 0.1) is 35.9 Å². The summed E-state index contributed by atoms with van der Waals surface area (Å²) in [6, 6.07) is 22.4. The fourth-order valence-corrected chi connectivity index (χ4v) is 10.6. The third kappa shape index (κ3) is 11.1. The number of piperidine rings is 3. The Labute approximate surface area is 416 Å². The van der Waals surface area contributed by atoms with Gasteiger partial charge in [0.2, 0.25) is 5.91 Å². The van der Waals surface area contributed by atoms with Crippen LogP contribution in [0.2, 0.25) is 0 Å². The molecule has 0 bridgehead atoms. The summed E-state index contributed by atoms with van der Waals surface area (Å²) in [5, 5.41) is 21.3. The third-order valence-corrected chi connectivity index (χ3v) is 14.8. The zero-order valence-corrected chi connectivity index (χ0v) is 40.6. The van der Waals surface area contributed by atoms with Crippen LogP contribution in [0.15, 0.2) is 94.8 Å². The molecular weight excluding hydrogens is 916 g/mol. The quantitative estimate of drug-likeness (QED) is 0.143. The van der Waals surface area contributed by atoms with E-state index >= 15 is 4.39 Å². The van der Waals surface area contributed by atoms with E-state index in [2.05, 4.69) is 46.3 Å². The molecule has 3 aromatic carbocycles. The number of aryl methyl sites for hydroxylation is 1. The molecule has 1 N–H and O–H groups in total. The Morgan fingerprint density at radius 3 is 2.18 bits per heavy atom. The lowest BCUT2D eigenvalue weighted by Crippen LogP contribution is -2.49. The van der Waals surface area contributed by atoms with Crippen molar-refractivity contribution in [3.8, 4) is 34.5 Å². The molecule has 372 valence electrons. The molecule has 0 saturated carbocycles. The van der Waals surface area contributed by atoms with Gasteiger partial charge < -0.3 is 19.4 Å². The summed E-state index contributed by atoms with van der Waals surface area (Å²) in [5.74, 6) is 1.01. The fourth-order valence-electron chi connectivity index (χ4n) is 10.6. The highest BCUT2D eigenvalue weighted by molar-refractivity contribution is 5.99. The first-order valence-electron chi connectivity index (χ1n) is 25.1. The van der Waals surface area contributed by atoms with E-state index in [1.807, 2.05) is 35.2 Å². The summed E-state index contributed by atoms with van der Waals surface area (Å²) in [6.45, 7) is 13.0. The van der Waals surface area contributed by atoms with Crippen LogP contribution in [-0.4, -0.2) is 135 Å². The Kier molecular flexibility index (Phi) is 14.6. The van der Waals surface area contributed by atoms with Crippen molar-refractivity contribution in [2.45, 2.75) is 58.0 Å². The summed E-state index contributed by atoms with van der Waals surface area (Å²) in [4.78, 5) is 69.6. The summed E-state index contributed by atoms with van der Waals surface area (Å²) in [6.07, 6.45) is 8.28. The highest BCUT2D eigenvalue weighted by Gasteiger charge is 2.32. The van der Waals surface area contributed by atoms with Gasteiger partial charge in [-0.1, -0.05) is 30.3 Å². The number of rotatable bonds is 14. The standard InChI is InChI=1S/C54H59FN12O5/c1-36-44-28-46(55)49(29-45(44)54(71)67(60-36)48-9-10-50(68)59-53(48)70)65-24-22-64(23-25-65)33-37-12-16-62(17-13-37)20-21-63-18-14-38(15-19-63)35-72-43-31-57-52(58-32-43)42-7-3-5-40(27-42)34-66-51(69)11-8-47(61-66)41-6-2-4-39(26-41)30-56/h2-8,11,26-29,31-32,37-38,48H,9-10,12-25,33-35H2,1H3,(H,59,68,70). The van der Waals surface area contributed by atoms with Gasteiger partial charge in [0.1, 0.15) is 11.9 Å². The van der Waals surface area contributed by atoms with Gasteiger partial charge in [-0.15, -0.1) is 0 Å². The number of nitrogens with one attached hydrogen (secondary N) is 1. The number of piperazine rings is 1. The normalized spacial score (nSPS) is 18.8. The van der Waals surface area contributed by atoms with Crippen LogP contribution in [0.5, 0.6) is 5.75 Å². The number of ether oxygens (including phenoxy) is 1. The highest BCUT2D eigenvalue weighted by Crippen LogP contribution is 2.29. The number of nitrogens with zero attached hydrogens (tertiary/aromatic N) is 11. The van der Waals surface area contributed by atoms with E-state index in [4.69, 9.17) is 4.74 Å². The number of anilines is 1. The van der Waals surface area contributed by atoms with Crippen molar-refractivity contribution in [1.82, 2.24) is 49.5 Å². The zero-order chi connectivity index (χ0) is 49.7. The molecule has 6 aromatic rings. The topological polar surface area (TPSA) is 188 Å². The SMILES string of the molecule is Cc1nn(C2CCC(=O)NC2=O)c(=O)c2cc(N3CCN(CC4CCN(CCN5CCC(COc6cnc(-c7cccc(Cn8nc(-c9cccc(C#N)c9)ccc8=O)c7)nc6)CC5)CC4)CC3)c(F)cc12. The number of hydrogen-bond donors (Lipinski definition) is 1. The van der Waals surface area contributed by atoms with Crippen LogP contribution in [0.3, 0.4) is 0 Å². The second-order valence-corrected chi connectivity index (χ2v) is 19.7.